The number of nitrogens with zero attached hydrogens (tertiary/aromatic N) is 1. The van der Waals surface area contributed by atoms with Gasteiger partial charge in [0.1, 0.15) is 0 Å². The van der Waals surface area contributed by atoms with Crippen molar-refractivity contribution in [3.63, 3.8) is 0 Å². The molecule has 0 atom stereocenters. The van der Waals surface area contributed by atoms with Crippen LogP contribution in [0.2, 0.25) is 17.3 Å². The van der Waals surface area contributed by atoms with Crippen LogP contribution in [0.15, 0.2) is 30.5 Å². The number of aromatic nitrogens is 1. The van der Waals surface area contributed by atoms with Crippen LogP contribution in [0.3, 0.4) is 0 Å². The molecule has 0 spiro atoms. The molecule has 0 unspecified atom stereocenters. The Morgan fingerprint density at radius 1 is 1.00 bits per heavy atom. The molecule has 0 radical (unpaired) electrons. The van der Waals surface area contributed by atoms with Gasteiger partial charge in [0.15, 0.2) is 0 Å². The minimum absolute atomic E-state index is 0.577. The normalized spacial score (nSPS) is 12.3. The summed E-state index contributed by atoms with van der Waals surface area (Å²) in [5.74, 6) is 8.80. The number of aryl methyl sites for hydroxylation is 2. The van der Waals surface area contributed by atoms with E-state index in [-0.39, 0.29) is 0 Å². The Morgan fingerprint density at radius 3 is 2.08 bits per heavy atom. The second kappa shape index (κ2) is 8.29. The van der Waals surface area contributed by atoms with Crippen LogP contribution in [-0.2, 0) is 7.05 Å². The van der Waals surface area contributed by atoms with Crippen molar-refractivity contribution < 1.29 is 4.57 Å². The first-order valence-electron chi connectivity index (χ1n) is 10.2. The molecule has 0 fully saturated rings. The van der Waals surface area contributed by atoms with Crippen LogP contribution in [0, 0.1) is 6.92 Å². The van der Waals surface area contributed by atoms with Gasteiger partial charge in [-0.3, -0.25) is 0 Å². The zero-order valence-corrected chi connectivity index (χ0v) is 20.5. The Bertz CT molecular complexity index is 765. The Kier molecular flexibility index (Phi) is 6.77. The number of pyridine rings is 1. The van der Waals surface area contributed by atoms with Crippen molar-refractivity contribution in [2.24, 2.45) is 7.05 Å². The molecule has 0 aliphatic heterocycles. The third-order valence-electron chi connectivity index (χ3n) is 5.73. The van der Waals surface area contributed by atoms with E-state index in [0.717, 1.165) is 0 Å². The Balaban J connectivity index is 2.69. The third kappa shape index (κ3) is 4.42. The zero-order chi connectivity index (χ0) is 19.6. The average Bonchev–Trinajstić information content (AvgIpc) is 2.56. The molecule has 2 aromatic rings. The summed E-state index contributed by atoms with van der Waals surface area (Å²) in [5.41, 5.74) is 7.15. The van der Waals surface area contributed by atoms with Crippen molar-refractivity contribution in [3.05, 3.63) is 47.2 Å². The molecule has 0 aliphatic carbocycles. The van der Waals surface area contributed by atoms with E-state index >= 15 is 0 Å². The van der Waals surface area contributed by atoms with Gasteiger partial charge in [-0.1, -0.05) is 0 Å². The fourth-order valence-electron chi connectivity index (χ4n) is 3.96. The Labute approximate surface area is 164 Å². The molecular weight excluding hydrogens is 375 g/mol. The molecule has 0 amide bonds. The van der Waals surface area contributed by atoms with Gasteiger partial charge in [-0.05, 0) is 0 Å². The standard InChI is InChI=1S/C24H38GeN/c1-10-19(11-2)22-15-24(26(9)16-23(22)25(6,7)8)21-13-12-20(17(3)4)14-18(21)5/h12-17,19H,10-11H2,1-9H3/q+1. The fraction of sp³-hybridized carbons (Fsp3) is 0.542. The van der Waals surface area contributed by atoms with E-state index in [0.29, 0.717) is 11.8 Å². The molecule has 1 aromatic heterocycles. The Hall–Kier alpha value is -1.09. The van der Waals surface area contributed by atoms with E-state index < -0.39 is 13.3 Å². The topological polar surface area (TPSA) is 3.88 Å². The number of benzene rings is 1. The number of hydrogen-bond donors (Lipinski definition) is 0. The molecule has 2 rings (SSSR count). The van der Waals surface area contributed by atoms with Crippen molar-refractivity contribution in [1.82, 2.24) is 0 Å². The van der Waals surface area contributed by atoms with Crippen molar-refractivity contribution in [2.75, 3.05) is 0 Å². The summed E-state index contributed by atoms with van der Waals surface area (Å²) in [4.78, 5) is 0. The first-order chi connectivity index (χ1) is 12.1. The predicted molar refractivity (Wildman–Crippen MR) is 118 cm³/mol. The van der Waals surface area contributed by atoms with E-state index in [2.05, 4.69) is 94.0 Å². The van der Waals surface area contributed by atoms with E-state index in [9.17, 15) is 0 Å². The van der Waals surface area contributed by atoms with Crippen molar-refractivity contribution in [1.29, 1.82) is 0 Å². The molecule has 0 bridgehead atoms. The first-order valence-corrected chi connectivity index (χ1v) is 17.6. The van der Waals surface area contributed by atoms with Crippen LogP contribution in [0.1, 0.15) is 69.1 Å². The minimum atomic E-state index is -1.93. The average molecular weight is 413 g/mol. The van der Waals surface area contributed by atoms with Crippen LogP contribution < -0.4 is 8.96 Å². The number of rotatable bonds is 6. The molecule has 26 heavy (non-hydrogen) atoms. The summed E-state index contributed by atoms with van der Waals surface area (Å²) in [6.07, 6.45) is 4.90. The number of hydrogen-bond acceptors (Lipinski definition) is 0. The van der Waals surface area contributed by atoms with Crippen LogP contribution in [0.4, 0.5) is 0 Å². The summed E-state index contributed by atoms with van der Waals surface area (Å²) in [7, 11) is 2.22. The molecule has 1 heterocycles. The van der Waals surface area contributed by atoms with Crippen LogP contribution >= 0.6 is 0 Å². The molecule has 0 saturated heterocycles. The van der Waals surface area contributed by atoms with E-state index in [1.165, 1.54) is 35.2 Å². The predicted octanol–water partition coefficient (Wildman–Crippen LogP) is 6.06. The SMILES string of the molecule is CCC(CC)c1cc(-c2ccc(C(C)C)cc2C)[n+](C)c[c]1[Ge]([CH3])([CH3])[CH3]. The first kappa shape index (κ1) is 21.2. The summed E-state index contributed by atoms with van der Waals surface area (Å²) in [6, 6.07) is 9.52. The van der Waals surface area contributed by atoms with Gasteiger partial charge in [0.2, 0.25) is 0 Å². The van der Waals surface area contributed by atoms with Crippen LogP contribution in [0.25, 0.3) is 11.3 Å². The zero-order valence-electron chi connectivity index (χ0n) is 18.4. The summed E-state index contributed by atoms with van der Waals surface area (Å²) in [6.45, 7) is 11.5. The summed E-state index contributed by atoms with van der Waals surface area (Å²) in [5, 5.41) is 0. The maximum atomic E-state index is 2.52. The molecular formula is C24H38GeN+. The Morgan fingerprint density at radius 2 is 1.62 bits per heavy atom. The molecule has 1 nitrogen and oxygen atoms in total. The van der Waals surface area contributed by atoms with E-state index in [4.69, 9.17) is 0 Å². The maximum absolute atomic E-state index is 2.52. The van der Waals surface area contributed by atoms with Gasteiger partial charge in [0, 0.05) is 0 Å². The van der Waals surface area contributed by atoms with Gasteiger partial charge < -0.3 is 0 Å². The van der Waals surface area contributed by atoms with Gasteiger partial charge in [-0.25, -0.2) is 0 Å². The van der Waals surface area contributed by atoms with Gasteiger partial charge in [0.05, 0.1) is 0 Å². The van der Waals surface area contributed by atoms with E-state index in [1.807, 2.05) is 0 Å². The summed E-state index contributed by atoms with van der Waals surface area (Å²) < 4.78 is 4.04. The molecule has 0 saturated carbocycles. The second-order valence-electron chi connectivity index (χ2n) is 9.13. The van der Waals surface area contributed by atoms with Gasteiger partial charge in [-0.15, -0.1) is 0 Å². The second-order valence-corrected chi connectivity index (χ2v) is 19.7. The van der Waals surface area contributed by atoms with E-state index in [1.54, 1.807) is 9.96 Å². The molecule has 0 N–H and O–H groups in total. The van der Waals surface area contributed by atoms with Crippen LogP contribution in [-0.4, -0.2) is 13.3 Å². The van der Waals surface area contributed by atoms with Crippen molar-refractivity contribution in [3.8, 4) is 11.3 Å². The molecule has 2 heteroatoms. The molecule has 142 valence electrons. The van der Waals surface area contributed by atoms with Crippen LogP contribution in [0.5, 0.6) is 0 Å². The molecule has 0 aliphatic rings. The van der Waals surface area contributed by atoms with Crippen molar-refractivity contribution >= 4 is 17.7 Å². The third-order valence-corrected chi connectivity index (χ3v) is 10.00. The quantitative estimate of drug-likeness (QED) is 0.401. The summed E-state index contributed by atoms with van der Waals surface area (Å²) >= 11 is -1.93. The monoisotopic (exact) mass is 414 g/mol. The van der Waals surface area contributed by atoms with Crippen molar-refractivity contribution in [2.45, 2.75) is 76.6 Å². The van der Waals surface area contributed by atoms with Gasteiger partial charge >= 0.3 is 164 Å². The van der Waals surface area contributed by atoms with Gasteiger partial charge in [0.25, 0.3) is 0 Å². The fourth-order valence-corrected chi connectivity index (χ4v) is 7.57. The van der Waals surface area contributed by atoms with Gasteiger partial charge in [-0.2, -0.15) is 0 Å². The molecule has 1 aromatic carbocycles.